The number of ether oxygens (including phenoxy) is 1. The maximum atomic E-state index is 13.8. The molecule has 5 nitrogen and oxygen atoms in total. The Labute approximate surface area is 133 Å². The van der Waals surface area contributed by atoms with Crippen LogP contribution in [0.3, 0.4) is 0 Å². The lowest BCUT2D eigenvalue weighted by Gasteiger charge is -2.29. The van der Waals surface area contributed by atoms with Crippen LogP contribution in [0.25, 0.3) is 0 Å². The summed E-state index contributed by atoms with van der Waals surface area (Å²) in [5.74, 6) is -1.000. The molecule has 1 unspecified atom stereocenters. The first kappa shape index (κ1) is 14.6. The van der Waals surface area contributed by atoms with Crippen molar-refractivity contribution in [1.82, 2.24) is 0 Å². The number of quaternary nitrogens is 1. The SMILES string of the molecule is CCOC(=O)[C@H]1C[C@@]2(C(=O)Nc3ccc(F)cc32)[NH+]2CCC[C@@H]12. The predicted octanol–water partition coefficient (Wildman–Crippen LogP) is 0.603. The van der Waals surface area contributed by atoms with Crippen molar-refractivity contribution in [2.24, 2.45) is 5.92 Å². The molecule has 23 heavy (non-hydrogen) atoms. The Kier molecular flexibility index (Phi) is 3.20. The van der Waals surface area contributed by atoms with Crippen LogP contribution in [-0.4, -0.2) is 31.1 Å². The van der Waals surface area contributed by atoms with Gasteiger partial charge in [0.1, 0.15) is 17.8 Å². The Hall–Kier alpha value is -1.95. The van der Waals surface area contributed by atoms with E-state index in [2.05, 4.69) is 5.32 Å². The van der Waals surface area contributed by atoms with Crippen LogP contribution in [0.15, 0.2) is 18.2 Å². The van der Waals surface area contributed by atoms with E-state index in [4.69, 9.17) is 4.74 Å². The molecule has 122 valence electrons. The monoisotopic (exact) mass is 319 g/mol. The second-order valence-electron chi connectivity index (χ2n) is 6.64. The van der Waals surface area contributed by atoms with Gasteiger partial charge < -0.3 is 15.0 Å². The lowest BCUT2D eigenvalue weighted by atomic mass is 9.84. The first-order chi connectivity index (χ1) is 11.1. The quantitative estimate of drug-likeness (QED) is 0.785. The van der Waals surface area contributed by atoms with Crippen molar-refractivity contribution >= 4 is 17.6 Å². The Morgan fingerprint density at radius 2 is 2.35 bits per heavy atom. The highest BCUT2D eigenvalue weighted by atomic mass is 19.1. The van der Waals surface area contributed by atoms with Gasteiger partial charge in [-0.25, -0.2) is 4.39 Å². The molecule has 1 aromatic carbocycles. The average molecular weight is 319 g/mol. The van der Waals surface area contributed by atoms with Gasteiger partial charge in [-0.1, -0.05) is 0 Å². The van der Waals surface area contributed by atoms with Crippen molar-refractivity contribution in [3.8, 4) is 0 Å². The second kappa shape index (κ2) is 5.03. The fraction of sp³-hybridized carbons (Fsp3) is 0.529. The Morgan fingerprint density at radius 3 is 3.13 bits per heavy atom. The Balaban J connectivity index is 1.81. The number of hydrogen-bond donors (Lipinski definition) is 2. The number of anilines is 1. The molecule has 2 saturated heterocycles. The summed E-state index contributed by atoms with van der Waals surface area (Å²) in [6.07, 6.45) is 2.27. The molecular weight excluding hydrogens is 299 g/mol. The highest BCUT2D eigenvalue weighted by molar-refractivity contribution is 6.05. The molecule has 3 aliphatic heterocycles. The van der Waals surface area contributed by atoms with Gasteiger partial charge in [0.2, 0.25) is 5.54 Å². The Bertz CT molecular complexity index is 692. The number of hydrogen-bond acceptors (Lipinski definition) is 3. The fourth-order valence-electron chi connectivity index (χ4n) is 4.80. The van der Waals surface area contributed by atoms with Crippen molar-refractivity contribution in [3.05, 3.63) is 29.6 Å². The van der Waals surface area contributed by atoms with Crippen molar-refractivity contribution in [1.29, 1.82) is 0 Å². The summed E-state index contributed by atoms with van der Waals surface area (Å²) >= 11 is 0. The fourth-order valence-corrected chi connectivity index (χ4v) is 4.80. The molecular formula is C17H20FN2O3+. The average Bonchev–Trinajstić information content (AvgIpc) is 3.16. The molecule has 4 atom stereocenters. The molecule has 3 heterocycles. The maximum Gasteiger partial charge on any atom is 0.315 e. The molecule has 4 rings (SSSR count). The summed E-state index contributed by atoms with van der Waals surface area (Å²) in [5, 5.41) is 2.88. The molecule has 0 aliphatic carbocycles. The number of carbonyl (C=O) groups is 2. The van der Waals surface area contributed by atoms with Gasteiger partial charge in [0.25, 0.3) is 5.91 Å². The van der Waals surface area contributed by atoms with Crippen molar-refractivity contribution in [2.45, 2.75) is 37.8 Å². The second-order valence-corrected chi connectivity index (χ2v) is 6.64. The standard InChI is InChI=1S/C17H19FN2O3/c1-2-23-15(21)11-9-17(20-7-3-4-14(11)20)12-8-10(18)5-6-13(12)19-16(17)22/h5-6,8,11,14H,2-4,7,9H2,1H3,(H,19,22)/p+1/t11-,14-,17+/m0/s1. The summed E-state index contributed by atoms with van der Waals surface area (Å²) in [6.45, 7) is 2.95. The Morgan fingerprint density at radius 1 is 1.52 bits per heavy atom. The molecule has 2 N–H and O–H groups in total. The van der Waals surface area contributed by atoms with Gasteiger partial charge in [0.15, 0.2) is 0 Å². The van der Waals surface area contributed by atoms with Gasteiger partial charge in [-0.2, -0.15) is 0 Å². The van der Waals surface area contributed by atoms with Crippen LogP contribution in [0.4, 0.5) is 10.1 Å². The molecule has 3 aliphatic rings. The van der Waals surface area contributed by atoms with E-state index >= 15 is 0 Å². The van der Waals surface area contributed by atoms with Gasteiger partial charge in [-0.05, 0) is 25.1 Å². The van der Waals surface area contributed by atoms with E-state index in [1.165, 1.54) is 12.1 Å². The number of esters is 1. The van der Waals surface area contributed by atoms with E-state index in [0.717, 1.165) is 24.3 Å². The number of halogens is 1. The summed E-state index contributed by atoms with van der Waals surface area (Å²) in [7, 11) is 0. The molecule has 1 aromatic rings. The first-order valence-corrected chi connectivity index (χ1v) is 8.22. The predicted molar refractivity (Wildman–Crippen MR) is 80.3 cm³/mol. The number of nitrogens with one attached hydrogen (secondary N) is 2. The third-order valence-corrected chi connectivity index (χ3v) is 5.64. The minimum atomic E-state index is -0.851. The number of carbonyl (C=O) groups excluding carboxylic acids is 2. The van der Waals surface area contributed by atoms with Gasteiger partial charge in [0, 0.05) is 24.8 Å². The molecule has 0 radical (unpaired) electrons. The minimum Gasteiger partial charge on any atom is -0.466 e. The van der Waals surface area contributed by atoms with E-state index in [9.17, 15) is 14.0 Å². The zero-order chi connectivity index (χ0) is 16.2. The topological polar surface area (TPSA) is 59.8 Å². The molecule has 1 spiro atoms. The van der Waals surface area contributed by atoms with Crippen LogP contribution in [0.2, 0.25) is 0 Å². The van der Waals surface area contributed by atoms with E-state index in [1.54, 1.807) is 13.0 Å². The summed E-state index contributed by atoms with van der Waals surface area (Å²) < 4.78 is 19.0. The number of fused-ring (bicyclic) bond motifs is 4. The van der Waals surface area contributed by atoms with Crippen LogP contribution < -0.4 is 10.2 Å². The van der Waals surface area contributed by atoms with Crippen LogP contribution in [-0.2, 0) is 19.9 Å². The van der Waals surface area contributed by atoms with Crippen LogP contribution >= 0.6 is 0 Å². The van der Waals surface area contributed by atoms with Crippen molar-refractivity contribution < 1.29 is 23.6 Å². The smallest absolute Gasteiger partial charge is 0.315 e. The zero-order valence-electron chi connectivity index (χ0n) is 13.0. The normalized spacial score (nSPS) is 34.3. The molecule has 6 heteroatoms. The van der Waals surface area contributed by atoms with Gasteiger partial charge >= 0.3 is 5.97 Å². The van der Waals surface area contributed by atoms with Crippen molar-refractivity contribution in [2.75, 3.05) is 18.5 Å². The molecule has 0 bridgehead atoms. The highest BCUT2D eigenvalue weighted by Crippen LogP contribution is 2.44. The lowest BCUT2D eigenvalue weighted by molar-refractivity contribution is -0.947. The summed E-state index contributed by atoms with van der Waals surface area (Å²) in [6, 6.07) is 4.49. The highest BCUT2D eigenvalue weighted by Gasteiger charge is 2.67. The first-order valence-electron chi connectivity index (χ1n) is 8.22. The number of benzene rings is 1. The third kappa shape index (κ3) is 1.87. The molecule has 0 saturated carbocycles. The summed E-state index contributed by atoms with van der Waals surface area (Å²) in [5.41, 5.74) is 0.506. The lowest BCUT2D eigenvalue weighted by Crippen LogP contribution is -3.19. The maximum absolute atomic E-state index is 13.8. The third-order valence-electron chi connectivity index (χ3n) is 5.64. The van der Waals surface area contributed by atoms with E-state index in [-0.39, 0.29) is 29.7 Å². The largest absolute Gasteiger partial charge is 0.466 e. The molecule has 0 aromatic heterocycles. The van der Waals surface area contributed by atoms with Crippen LogP contribution in [0, 0.1) is 11.7 Å². The van der Waals surface area contributed by atoms with Crippen LogP contribution in [0.5, 0.6) is 0 Å². The summed E-state index contributed by atoms with van der Waals surface area (Å²) in [4.78, 5) is 26.3. The molecule has 2 fully saturated rings. The van der Waals surface area contributed by atoms with E-state index in [0.29, 0.717) is 24.3 Å². The van der Waals surface area contributed by atoms with Crippen LogP contribution in [0.1, 0.15) is 31.7 Å². The van der Waals surface area contributed by atoms with E-state index < -0.39 is 5.54 Å². The number of amides is 1. The van der Waals surface area contributed by atoms with Crippen molar-refractivity contribution in [3.63, 3.8) is 0 Å². The minimum absolute atomic E-state index is 0.0778. The molecule has 1 amide bonds. The van der Waals surface area contributed by atoms with E-state index in [1.807, 2.05) is 0 Å². The zero-order valence-corrected chi connectivity index (χ0v) is 13.0. The number of rotatable bonds is 2. The van der Waals surface area contributed by atoms with Gasteiger partial charge in [-0.3, -0.25) is 9.59 Å². The van der Waals surface area contributed by atoms with Gasteiger partial charge in [-0.15, -0.1) is 0 Å². The van der Waals surface area contributed by atoms with Gasteiger partial charge in [0.05, 0.1) is 18.8 Å².